The molecule has 2 unspecified atom stereocenters. The van der Waals surface area contributed by atoms with E-state index in [1.807, 2.05) is 0 Å². The summed E-state index contributed by atoms with van der Waals surface area (Å²) in [5, 5.41) is 23.5. The number of amides is 1. The molecule has 0 aliphatic heterocycles. The Morgan fingerprint density at radius 1 is 0.296 bits per heavy atom. The van der Waals surface area contributed by atoms with Crippen molar-refractivity contribution < 1.29 is 24.5 Å². The summed E-state index contributed by atoms with van der Waals surface area (Å²) in [6.07, 6.45) is 87.5. The van der Waals surface area contributed by atoms with Crippen molar-refractivity contribution in [3.05, 3.63) is 0 Å². The van der Waals surface area contributed by atoms with Crippen molar-refractivity contribution in [2.24, 2.45) is 0 Å². The van der Waals surface area contributed by atoms with Crippen LogP contribution in [-0.4, -0.2) is 47.4 Å². The predicted molar refractivity (Wildman–Crippen MR) is 357 cm³/mol. The molecule has 0 spiro atoms. The fraction of sp³-hybridized carbons (Fsp3) is 0.973. The Bertz CT molecular complexity index is 1180. The first-order valence-electron chi connectivity index (χ1n) is 37.8. The highest BCUT2D eigenvalue weighted by atomic mass is 16.5. The summed E-state index contributed by atoms with van der Waals surface area (Å²) in [5.41, 5.74) is 0. The van der Waals surface area contributed by atoms with Crippen LogP contribution in [-0.2, 0) is 14.3 Å². The van der Waals surface area contributed by atoms with E-state index in [4.69, 9.17) is 4.74 Å². The monoisotopic (exact) mass is 1140 g/mol. The van der Waals surface area contributed by atoms with Gasteiger partial charge in [0.05, 0.1) is 25.4 Å². The summed E-state index contributed by atoms with van der Waals surface area (Å²) in [6, 6.07) is -0.539. The maximum absolute atomic E-state index is 12.6. The SMILES string of the molecule is CCCCCCCCCCCCCCCCCCCCCCCCCCCC(O)C(CO)NC(=O)CCCCCCCCCCCCCCCCCCCCCCCCCCCCCCOC(=O)CCCCCCCCCCCCC. The Labute approximate surface area is 508 Å². The normalized spacial score (nSPS) is 12.4. The van der Waals surface area contributed by atoms with Crippen molar-refractivity contribution in [2.45, 2.75) is 456 Å². The lowest BCUT2D eigenvalue weighted by molar-refractivity contribution is -0.143. The molecule has 0 aliphatic rings. The van der Waals surface area contributed by atoms with Gasteiger partial charge in [-0.15, -0.1) is 0 Å². The fourth-order valence-corrected chi connectivity index (χ4v) is 12.4. The molecular formula is C75H149NO5. The van der Waals surface area contributed by atoms with Crippen LogP contribution < -0.4 is 5.32 Å². The molecule has 1 amide bonds. The number of carbonyl (C=O) groups is 2. The number of carbonyl (C=O) groups excluding carboxylic acids is 2. The smallest absolute Gasteiger partial charge is 0.305 e. The highest BCUT2D eigenvalue weighted by Gasteiger charge is 2.20. The van der Waals surface area contributed by atoms with Crippen molar-refractivity contribution in [1.29, 1.82) is 0 Å². The number of hydrogen-bond acceptors (Lipinski definition) is 5. The van der Waals surface area contributed by atoms with Crippen molar-refractivity contribution >= 4 is 11.9 Å². The van der Waals surface area contributed by atoms with Gasteiger partial charge >= 0.3 is 5.97 Å². The summed E-state index contributed by atoms with van der Waals surface area (Å²) in [5.74, 6) is -0.00540. The number of rotatable bonds is 72. The molecule has 2 atom stereocenters. The number of aliphatic hydroxyl groups excluding tert-OH is 2. The zero-order valence-electron chi connectivity index (χ0n) is 55.6. The van der Waals surface area contributed by atoms with Gasteiger partial charge in [0.1, 0.15) is 0 Å². The molecule has 0 aromatic rings. The van der Waals surface area contributed by atoms with Gasteiger partial charge in [-0.05, 0) is 25.7 Å². The quantitative estimate of drug-likeness (QED) is 0.0417. The van der Waals surface area contributed by atoms with Crippen LogP contribution >= 0.6 is 0 Å². The molecule has 3 N–H and O–H groups in total. The largest absolute Gasteiger partial charge is 0.466 e. The molecule has 0 aromatic heterocycles. The van der Waals surface area contributed by atoms with Crippen LogP contribution in [0.5, 0.6) is 0 Å². The van der Waals surface area contributed by atoms with Crippen molar-refractivity contribution in [1.82, 2.24) is 5.32 Å². The molecule has 0 saturated carbocycles. The van der Waals surface area contributed by atoms with E-state index < -0.39 is 12.1 Å². The molecule has 484 valence electrons. The standard InChI is InChI=1S/C75H149NO5/c1-3-5-7-9-11-13-15-16-17-18-19-20-21-26-29-32-35-38-41-44-48-51-55-59-63-67-73(78)72(71-77)76-74(79)68-64-60-56-52-49-45-42-39-36-33-30-27-24-22-23-25-28-31-34-37-40-43-46-50-54-58-62-66-70-81-75(80)69-65-61-57-53-47-14-12-10-8-6-4-2/h72-73,77-78H,3-71H2,1-2H3,(H,76,79). The summed E-state index contributed by atoms with van der Waals surface area (Å²) in [6.45, 7) is 5.01. The van der Waals surface area contributed by atoms with Crippen LogP contribution in [0.1, 0.15) is 444 Å². The van der Waals surface area contributed by atoms with Crippen LogP contribution in [0.2, 0.25) is 0 Å². The van der Waals surface area contributed by atoms with Crippen molar-refractivity contribution in [3.63, 3.8) is 0 Å². The number of esters is 1. The Balaban J connectivity index is 3.34. The zero-order chi connectivity index (χ0) is 58.5. The van der Waals surface area contributed by atoms with Gasteiger partial charge in [0.25, 0.3) is 0 Å². The second kappa shape index (κ2) is 71.3. The molecule has 81 heavy (non-hydrogen) atoms. The van der Waals surface area contributed by atoms with E-state index >= 15 is 0 Å². The number of nitrogens with one attached hydrogen (secondary N) is 1. The third-order valence-corrected chi connectivity index (χ3v) is 18.2. The van der Waals surface area contributed by atoms with Gasteiger partial charge in [-0.1, -0.05) is 406 Å². The molecule has 0 radical (unpaired) electrons. The van der Waals surface area contributed by atoms with Gasteiger partial charge < -0.3 is 20.3 Å². The molecule has 0 aliphatic carbocycles. The van der Waals surface area contributed by atoms with Crippen LogP contribution in [0, 0.1) is 0 Å². The molecule has 0 fully saturated rings. The van der Waals surface area contributed by atoms with Crippen LogP contribution in [0.15, 0.2) is 0 Å². The van der Waals surface area contributed by atoms with E-state index in [2.05, 4.69) is 19.2 Å². The van der Waals surface area contributed by atoms with Gasteiger partial charge in [0, 0.05) is 12.8 Å². The highest BCUT2D eigenvalue weighted by Crippen LogP contribution is 2.20. The summed E-state index contributed by atoms with van der Waals surface area (Å²) in [4.78, 5) is 24.6. The van der Waals surface area contributed by atoms with E-state index in [1.165, 1.54) is 372 Å². The van der Waals surface area contributed by atoms with Gasteiger partial charge in [0.2, 0.25) is 5.91 Å². The molecule has 0 heterocycles. The topological polar surface area (TPSA) is 95.9 Å². The Morgan fingerprint density at radius 2 is 0.506 bits per heavy atom. The van der Waals surface area contributed by atoms with Crippen molar-refractivity contribution in [3.8, 4) is 0 Å². The Morgan fingerprint density at radius 3 is 0.753 bits per heavy atom. The molecular weight excluding hydrogens is 995 g/mol. The molecule has 0 aromatic carbocycles. The van der Waals surface area contributed by atoms with E-state index in [9.17, 15) is 19.8 Å². The van der Waals surface area contributed by atoms with Gasteiger partial charge in [-0.2, -0.15) is 0 Å². The molecule has 0 saturated heterocycles. The number of hydrogen-bond donors (Lipinski definition) is 3. The second-order valence-corrected chi connectivity index (χ2v) is 26.4. The van der Waals surface area contributed by atoms with Gasteiger partial charge in [-0.25, -0.2) is 0 Å². The van der Waals surface area contributed by atoms with Gasteiger partial charge in [0.15, 0.2) is 0 Å². The fourth-order valence-electron chi connectivity index (χ4n) is 12.4. The van der Waals surface area contributed by atoms with Crippen LogP contribution in [0.3, 0.4) is 0 Å². The van der Waals surface area contributed by atoms with E-state index in [-0.39, 0.29) is 18.5 Å². The zero-order valence-corrected chi connectivity index (χ0v) is 55.6. The summed E-state index contributed by atoms with van der Waals surface area (Å²) >= 11 is 0. The first-order chi connectivity index (χ1) is 40.0. The van der Waals surface area contributed by atoms with Crippen molar-refractivity contribution in [2.75, 3.05) is 13.2 Å². The van der Waals surface area contributed by atoms with E-state index in [0.29, 0.717) is 25.9 Å². The molecule has 0 bridgehead atoms. The number of ether oxygens (including phenoxy) is 1. The number of aliphatic hydroxyl groups is 2. The first-order valence-corrected chi connectivity index (χ1v) is 37.8. The summed E-state index contributed by atoms with van der Waals surface area (Å²) < 4.78 is 5.48. The lowest BCUT2D eigenvalue weighted by atomic mass is 10.0. The van der Waals surface area contributed by atoms with Gasteiger partial charge in [-0.3, -0.25) is 9.59 Å². The third kappa shape index (κ3) is 67.9. The summed E-state index contributed by atoms with van der Waals surface area (Å²) in [7, 11) is 0. The predicted octanol–water partition coefficient (Wildman–Crippen LogP) is 24.5. The third-order valence-electron chi connectivity index (χ3n) is 18.2. The Kier molecular flexibility index (Phi) is 70.3. The molecule has 6 nitrogen and oxygen atoms in total. The molecule has 6 heteroatoms. The lowest BCUT2D eigenvalue weighted by Gasteiger charge is -2.22. The highest BCUT2D eigenvalue weighted by molar-refractivity contribution is 5.76. The maximum Gasteiger partial charge on any atom is 0.305 e. The average molecular weight is 1150 g/mol. The maximum atomic E-state index is 12.6. The first kappa shape index (κ1) is 79.9. The van der Waals surface area contributed by atoms with Crippen LogP contribution in [0.25, 0.3) is 0 Å². The minimum atomic E-state index is -0.663. The minimum Gasteiger partial charge on any atom is -0.466 e. The Hall–Kier alpha value is -1.14. The van der Waals surface area contributed by atoms with Crippen LogP contribution in [0.4, 0.5) is 0 Å². The average Bonchev–Trinajstić information content (AvgIpc) is 3.47. The van der Waals surface area contributed by atoms with E-state index in [1.54, 1.807) is 0 Å². The lowest BCUT2D eigenvalue weighted by Crippen LogP contribution is -2.45. The number of unbranched alkanes of at least 4 members (excludes halogenated alkanes) is 61. The molecule has 0 rings (SSSR count). The minimum absolute atomic E-state index is 0.0200. The second-order valence-electron chi connectivity index (χ2n) is 26.4. The van der Waals surface area contributed by atoms with E-state index in [0.717, 1.165) is 38.5 Å².